The van der Waals surface area contributed by atoms with Crippen molar-refractivity contribution in [2.24, 2.45) is 0 Å². The number of hydrogen-bond acceptors (Lipinski definition) is 3. The first kappa shape index (κ1) is 12.6. The first-order valence-electron chi connectivity index (χ1n) is 15.1. The average molecular weight is 448 g/mol. The van der Waals surface area contributed by atoms with E-state index in [1.54, 1.807) is 12.1 Å². The molecule has 1 N–H and O–H groups in total. The summed E-state index contributed by atoms with van der Waals surface area (Å²) in [6.45, 7) is 0. The summed E-state index contributed by atoms with van der Waals surface area (Å²) < 4.78 is 80.6. The maximum absolute atomic E-state index is 8.58. The Morgan fingerprint density at radius 1 is 0.588 bits per heavy atom. The van der Waals surface area contributed by atoms with Crippen molar-refractivity contribution in [1.82, 2.24) is 4.98 Å². The van der Waals surface area contributed by atoms with Gasteiger partial charge in [-0.05, 0) is 59.1 Å². The van der Waals surface area contributed by atoms with Gasteiger partial charge in [-0.1, -0.05) is 84.8 Å². The fourth-order valence-corrected chi connectivity index (χ4v) is 3.63. The number of hydrogen-bond donors (Lipinski definition) is 1. The largest absolute Gasteiger partial charge is 0.435 e. The molecule has 0 saturated carbocycles. The van der Waals surface area contributed by atoms with Crippen LogP contribution in [0.4, 0.5) is 11.4 Å². The monoisotopic (exact) mass is 447 g/mol. The van der Waals surface area contributed by atoms with Crippen LogP contribution in [0.25, 0.3) is 44.8 Å². The highest BCUT2D eigenvalue weighted by Gasteiger charge is 2.12. The van der Waals surface area contributed by atoms with Crippen LogP contribution in [-0.4, -0.2) is 4.98 Å². The van der Waals surface area contributed by atoms with E-state index in [0.717, 1.165) is 16.7 Å². The zero-order chi connectivity index (χ0) is 30.6. The van der Waals surface area contributed by atoms with Crippen LogP contribution in [0.1, 0.15) is 12.3 Å². The minimum absolute atomic E-state index is 0.108. The first-order chi connectivity index (χ1) is 20.6. The normalized spacial score (nSPS) is 14.6. The number of nitrogens with zero attached hydrogens (tertiary/aromatic N) is 1. The molecule has 0 amide bonds. The zero-order valence-corrected chi connectivity index (χ0v) is 17.8. The highest BCUT2D eigenvalue weighted by molar-refractivity contribution is 5.91. The van der Waals surface area contributed by atoms with Crippen LogP contribution in [-0.2, 0) is 0 Å². The van der Waals surface area contributed by atoms with Crippen LogP contribution in [0.5, 0.6) is 0 Å². The van der Waals surface area contributed by atoms with Crippen molar-refractivity contribution in [2.75, 3.05) is 5.32 Å². The molecule has 0 aliphatic heterocycles. The molecule has 34 heavy (non-hydrogen) atoms. The molecule has 0 unspecified atom stereocenters. The van der Waals surface area contributed by atoms with Crippen LogP contribution >= 0.6 is 0 Å². The minimum atomic E-state index is -0.618. The molecule has 6 aromatic rings. The van der Waals surface area contributed by atoms with E-state index in [4.69, 9.17) is 16.8 Å². The fraction of sp³-hybridized carbons (Fsp3) is 0. The van der Waals surface area contributed by atoms with E-state index in [0.29, 0.717) is 22.7 Å². The molecule has 3 nitrogen and oxygen atoms in total. The summed E-state index contributed by atoms with van der Waals surface area (Å²) in [6, 6.07) is 17.5. The predicted octanol–water partition coefficient (Wildman–Crippen LogP) is 8.57. The van der Waals surface area contributed by atoms with Crippen LogP contribution in [0.15, 0.2) is 132 Å². The number of benzene rings is 5. The number of anilines is 2. The molecule has 0 atom stereocenters. The molecule has 0 saturated heterocycles. The molecule has 0 fully saturated rings. The average Bonchev–Trinajstić information content (AvgIpc) is 3.47. The highest BCUT2D eigenvalue weighted by atomic mass is 16.3. The SMILES string of the molecule is [2H]c1c([2H])c([2H])c(-c2c([2H])c([2H])c(Nc3ccc(-c4cccc5nc(-c6ccccc6)oc45)cc3)c([2H])c2[2H])c([2H])c1[2H]. The Hall–Kier alpha value is -4.63. The summed E-state index contributed by atoms with van der Waals surface area (Å²) in [5, 5.41) is 2.95. The minimum Gasteiger partial charge on any atom is -0.435 e. The Bertz CT molecular complexity index is 1980. The lowest BCUT2D eigenvalue weighted by atomic mass is 10.0. The Morgan fingerprint density at radius 3 is 2.09 bits per heavy atom. The third-order valence-corrected chi connectivity index (χ3v) is 5.28. The van der Waals surface area contributed by atoms with E-state index >= 15 is 0 Å². The van der Waals surface area contributed by atoms with Crippen LogP contribution in [0.3, 0.4) is 0 Å². The molecule has 0 bridgehead atoms. The fourth-order valence-electron chi connectivity index (χ4n) is 3.63. The summed E-state index contributed by atoms with van der Waals surface area (Å²) in [5.74, 6) is 0.511. The van der Waals surface area contributed by atoms with Gasteiger partial charge in [0.15, 0.2) is 5.58 Å². The van der Waals surface area contributed by atoms with E-state index in [1.807, 2.05) is 60.7 Å². The molecule has 3 heteroatoms. The summed E-state index contributed by atoms with van der Waals surface area (Å²) in [7, 11) is 0. The summed E-state index contributed by atoms with van der Waals surface area (Å²) >= 11 is 0. The van der Waals surface area contributed by atoms with Gasteiger partial charge < -0.3 is 9.73 Å². The third kappa shape index (κ3) is 3.96. The Morgan fingerprint density at radius 2 is 1.32 bits per heavy atom. The number of nitrogens with one attached hydrogen (secondary N) is 1. The second-order valence-electron chi connectivity index (χ2n) is 7.49. The van der Waals surface area contributed by atoms with Gasteiger partial charge in [0.1, 0.15) is 5.52 Å². The third-order valence-electron chi connectivity index (χ3n) is 5.28. The molecule has 6 rings (SSSR count). The van der Waals surface area contributed by atoms with E-state index in [-0.39, 0.29) is 16.8 Å². The van der Waals surface area contributed by atoms with Crippen molar-refractivity contribution in [3.8, 4) is 33.7 Å². The molecular weight excluding hydrogens is 416 g/mol. The molecule has 162 valence electrons. The molecule has 0 radical (unpaired) electrons. The van der Waals surface area contributed by atoms with Gasteiger partial charge in [-0.3, -0.25) is 0 Å². The molecule has 1 heterocycles. The van der Waals surface area contributed by atoms with Crippen molar-refractivity contribution < 1.29 is 16.8 Å². The van der Waals surface area contributed by atoms with Gasteiger partial charge >= 0.3 is 0 Å². The maximum Gasteiger partial charge on any atom is 0.227 e. The lowest BCUT2D eigenvalue weighted by Crippen LogP contribution is -1.90. The van der Waals surface area contributed by atoms with Crippen molar-refractivity contribution in [3.63, 3.8) is 0 Å². The van der Waals surface area contributed by atoms with E-state index < -0.39 is 54.4 Å². The van der Waals surface area contributed by atoms with Crippen molar-refractivity contribution in [3.05, 3.63) is 127 Å². The number of fused-ring (bicyclic) bond motifs is 1. The van der Waals surface area contributed by atoms with Gasteiger partial charge in [0.05, 0.1) is 12.3 Å². The standard InChI is InChI=1S/C31H22N2O/c1-3-8-22(9-4-1)23-14-18-26(19-15-23)32-27-20-16-24(17-21-27)28-12-7-13-29-30(28)34-31(33-29)25-10-5-2-6-11-25/h1-21,32H/i1D,3D,4D,8D,9D,14D,15D,18D,19D. The summed E-state index contributed by atoms with van der Waals surface area (Å²) in [6.07, 6.45) is 0. The van der Waals surface area contributed by atoms with Crippen LogP contribution in [0.2, 0.25) is 0 Å². The van der Waals surface area contributed by atoms with Gasteiger partial charge in [0, 0.05) is 22.5 Å². The van der Waals surface area contributed by atoms with E-state index in [2.05, 4.69) is 10.3 Å². The zero-order valence-electron chi connectivity index (χ0n) is 26.8. The van der Waals surface area contributed by atoms with E-state index in [1.165, 1.54) is 0 Å². The maximum atomic E-state index is 8.58. The predicted molar refractivity (Wildman–Crippen MR) is 140 cm³/mol. The lowest BCUT2D eigenvalue weighted by molar-refractivity contribution is 0.621. The smallest absolute Gasteiger partial charge is 0.227 e. The van der Waals surface area contributed by atoms with Crippen molar-refractivity contribution in [1.29, 1.82) is 0 Å². The Kier molecular flexibility index (Phi) is 3.22. The molecule has 0 spiro atoms. The molecule has 5 aromatic carbocycles. The topological polar surface area (TPSA) is 38.1 Å². The molecular formula is C31H22N2O. The van der Waals surface area contributed by atoms with Gasteiger partial charge in [-0.15, -0.1) is 0 Å². The van der Waals surface area contributed by atoms with Crippen LogP contribution < -0.4 is 5.32 Å². The number of rotatable bonds is 5. The van der Waals surface area contributed by atoms with Gasteiger partial charge in [-0.25, -0.2) is 4.98 Å². The Balaban J connectivity index is 1.36. The highest BCUT2D eigenvalue weighted by Crippen LogP contribution is 2.33. The van der Waals surface area contributed by atoms with E-state index in [9.17, 15) is 0 Å². The van der Waals surface area contributed by atoms with Gasteiger partial charge in [-0.2, -0.15) is 0 Å². The number of oxazole rings is 1. The van der Waals surface area contributed by atoms with Gasteiger partial charge in [0.25, 0.3) is 0 Å². The number of para-hydroxylation sites is 1. The number of aromatic nitrogens is 1. The second-order valence-corrected chi connectivity index (χ2v) is 7.49. The van der Waals surface area contributed by atoms with Gasteiger partial charge in [0.2, 0.25) is 5.89 Å². The summed E-state index contributed by atoms with van der Waals surface area (Å²) in [4.78, 5) is 4.62. The van der Waals surface area contributed by atoms with Crippen molar-refractivity contribution in [2.45, 2.75) is 0 Å². The Labute approximate surface area is 211 Å². The molecule has 1 aromatic heterocycles. The molecule has 0 aliphatic rings. The van der Waals surface area contributed by atoms with Crippen LogP contribution in [0, 0.1) is 0 Å². The second kappa shape index (κ2) is 8.72. The van der Waals surface area contributed by atoms with Crippen molar-refractivity contribution >= 4 is 22.5 Å². The molecule has 0 aliphatic carbocycles. The lowest BCUT2D eigenvalue weighted by Gasteiger charge is -2.09. The summed E-state index contributed by atoms with van der Waals surface area (Å²) in [5.41, 5.74) is 3.51. The first-order valence-corrected chi connectivity index (χ1v) is 10.6. The quantitative estimate of drug-likeness (QED) is 0.288.